The molecule has 21 heavy (non-hydrogen) atoms. The molecule has 0 bridgehead atoms. The third-order valence-electron chi connectivity index (χ3n) is 3.92. The largest absolute Gasteiger partial charge is 0.464 e. The lowest BCUT2D eigenvalue weighted by Crippen LogP contribution is -2.08. The molecule has 4 heteroatoms. The summed E-state index contributed by atoms with van der Waals surface area (Å²) < 4.78 is 7.90. The molecule has 4 rings (SSSR count). The van der Waals surface area contributed by atoms with E-state index in [1.807, 2.05) is 36.2 Å². The summed E-state index contributed by atoms with van der Waals surface area (Å²) in [7, 11) is 0. The lowest BCUT2D eigenvalue weighted by atomic mass is 10.0. The Hall–Kier alpha value is -1.94. The maximum absolute atomic E-state index is 5.58. The number of hydrogen-bond acceptors (Lipinski definition) is 3. The predicted octanol–water partition coefficient (Wildman–Crippen LogP) is 4.49. The van der Waals surface area contributed by atoms with E-state index < -0.39 is 0 Å². The van der Waals surface area contributed by atoms with Crippen LogP contribution in [0, 0.1) is 0 Å². The first-order chi connectivity index (χ1) is 10.4. The van der Waals surface area contributed by atoms with Crippen LogP contribution in [0.1, 0.15) is 12.5 Å². The van der Waals surface area contributed by atoms with Gasteiger partial charge in [0.25, 0.3) is 0 Å². The fourth-order valence-electron chi connectivity index (χ4n) is 2.88. The van der Waals surface area contributed by atoms with Crippen molar-refractivity contribution in [2.45, 2.75) is 12.5 Å². The smallest absolute Gasteiger partial charge is 0.140 e. The van der Waals surface area contributed by atoms with Crippen LogP contribution in [0.5, 0.6) is 0 Å². The summed E-state index contributed by atoms with van der Waals surface area (Å²) in [5.74, 6) is 4.34. The number of rotatable bonds is 3. The van der Waals surface area contributed by atoms with Crippen LogP contribution in [0.2, 0.25) is 0 Å². The Bertz CT molecular complexity index is 727. The molecule has 106 valence electrons. The molecule has 0 amide bonds. The zero-order valence-electron chi connectivity index (χ0n) is 11.6. The molecule has 1 aromatic carbocycles. The van der Waals surface area contributed by atoms with Gasteiger partial charge in [0.1, 0.15) is 11.6 Å². The van der Waals surface area contributed by atoms with Crippen molar-refractivity contribution in [3.05, 3.63) is 55.1 Å². The Balaban J connectivity index is 1.83. The van der Waals surface area contributed by atoms with Gasteiger partial charge in [-0.2, -0.15) is 11.8 Å². The van der Waals surface area contributed by atoms with Gasteiger partial charge in [-0.3, -0.25) is 0 Å². The molecule has 3 aromatic rings. The summed E-state index contributed by atoms with van der Waals surface area (Å²) in [6.45, 7) is 0. The van der Waals surface area contributed by atoms with Crippen LogP contribution in [0.15, 0.2) is 59.5 Å². The van der Waals surface area contributed by atoms with Crippen molar-refractivity contribution in [2.24, 2.45) is 0 Å². The number of furan rings is 1. The fraction of sp³-hybridized carbons (Fsp3) is 0.235. The molecule has 1 atom stereocenters. The quantitative estimate of drug-likeness (QED) is 0.713. The monoisotopic (exact) mass is 296 g/mol. The van der Waals surface area contributed by atoms with Crippen molar-refractivity contribution < 1.29 is 4.42 Å². The second kappa shape index (κ2) is 5.45. The van der Waals surface area contributed by atoms with Gasteiger partial charge >= 0.3 is 0 Å². The van der Waals surface area contributed by atoms with Crippen molar-refractivity contribution in [1.82, 2.24) is 9.55 Å². The first-order valence-electron chi connectivity index (χ1n) is 7.17. The summed E-state index contributed by atoms with van der Waals surface area (Å²) in [5.41, 5.74) is 2.23. The second-order valence-corrected chi connectivity index (χ2v) is 6.35. The third-order valence-corrected chi connectivity index (χ3v) is 5.07. The van der Waals surface area contributed by atoms with Gasteiger partial charge in [0, 0.05) is 35.3 Å². The molecule has 1 aliphatic rings. The minimum Gasteiger partial charge on any atom is -0.464 e. The van der Waals surface area contributed by atoms with Gasteiger partial charge in [0.05, 0.1) is 6.26 Å². The van der Waals surface area contributed by atoms with Crippen LogP contribution in [0.25, 0.3) is 22.7 Å². The second-order valence-electron chi connectivity index (χ2n) is 5.20. The van der Waals surface area contributed by atoms with Crippen LogP contribution in [-0.2, 0) is 0 Å². The first kappa shape index (κ1) is 12.8. The molecule has 0 radical (unpaired) electrons. The fourth-order valence-corrected chi connectivity index (χ4v) is 4.09. The zero-order valence-corrected chi connectivity index (χ0v) is 12.4. The van der Waals surface area contributed by atoms with Gasteiger partial charge in [0.2, 0.25) is 0 Å². The number of aromatic nitrogens is 2. The zero-order chi connectivity index (χ0) is 14.1. The van der Waals surface area contributed by atoms with Gasteiger partial charge in [0.15, 0.2) is 0 Å². The van der Waals surface area contributed by atoms with Gasteiger partial charge in [-0.15, -0.1) is 0 Å². The summed E-state index contributed by atoms with van der Waals surface area (Å²) in [6, 6.07) is 12.8. The molecule has 0 spiro atoms. The number of benzene rings is 1. The van der Waals surface area contributed by atoms with Crippen molar-refractivity contribution >= 4 is 11.8 Å². The normalized spacial score (nSPS) is 18.2. The lowest BCUT2D eigenvalue weighted by molar-refractivity contribution is 0.565. The van der Waals surface area contributed by atoms with Crippen LogP contribution in [0.4, 0.5) is 0 Å². The SMILES string of the molecule is c1coc(-c2ccccc2-c2nccn2[C@H]2CCSC2)c1. The molecule has 3 heterocycles. The van der Waals surface area contributed by atoms with E-state index in [2.05, 4.69) is 33.9 Å². The highest BCUT2D eigenvalue weighted by Gasteiger charge is 2.21. The maximum atomic E-state index is 5.58. The summed E-state index contributed by atoms with van der Waals surface area (Å²) >= 11 is 2.02. The summed E-state index contributed by atoms with van der Waals surface area (Å²) in [4.78, 5) is 4.61. The molecule has 0 unspecified atom stereocenters. The molecule has 0 N–H and O–H groups in total. The Morgan fingerprint density at radius 2 is 2.05 bits per heavy atom. The molecular formula is C17H16N2OS. The van der Waals surface area contributed by atoms with Gasteiger partial charge in [-0.25, -0.2) is 4.98 Å². The predicted molar refractivity (Wildman–Crippen MR) is 86.3 cm³/mol. The maximum Gasteiger partial charge on any atom is 0.140 e. The highest BCUT2D eigenvalue weighted by Crippen LogP contribution is 2.35. The van der Waals surface area contributed by atoms with Crippen LogP contribution >= 0.6 is 11.8 Å². The number of hydrogen-bond donors (Lipinski definition) is 0. The average Bonchev–Trinajstić information content (AvgIpc) is 3.27. The van der Waals surface area contributed by atoms with Crippen molar-refractivity contribution in [3.8, 4) is 22.7 Å². The number of nitrogens with zero attached hydrogens (tertiary/aromatic N) is 2. The topological polar surface area (TPSA) is 31.0 Å². The van der Waals surface area contributed by atoms with E-state index in [4.69, 9.17) is 4.42 Å². The van der Waals surface area contributed by atoms with Crippen molar-refractivity contribution in [2.75, 3.05) is 11.5 Å². The van der Waals surface area contributed by atoms with E-state index >= 15 is 0 Å². The van der Waals surface area contributed by atoms with Crippen molar-refractivity contribution in [3.63, 3.8) is 0 Å². The Labute approximate surface area is 128 Å². The highest BCUT2D eigenvalue weighted by molar-refractivity contribution is 7.99. The van der Waals surface area contributed by atoms with E-state index in [0.717, 1.165) is 22.7 Å². The van der Waals surface area contributed by atoms with Crippen LogP contribution < -0.4 is 0 Å². The Morgan fingerprint density at radius 3 is 2.81 bits per heavy atom. The van der Waals surface area contributed by atoms with E-state index in [1.165, 1.54) is 17.9 Å². The van der Waals surface area contributed by atoms with E-state index in [0.29, 0.717) is 6.04 Å². The molecule has 3 nitrogen and oxygen atoms in total. The molecular weight excluding hydrogens is 280 g/mol. The molecule has 0 aliphatic carbocycles. The molecule has 1 saturated heterocycles. The highest BCUT2D eigenvalue weighted by atomic mass is 32.2. The van der Waals surface area contributed by atoms with Crippen LogP contribution in [-0.4, -0.2) is 21.1 Å². The number of thioether (sulfide) groups is 1. The molecule has 0 saturated carbocycles. The van der Waals surface area contributed by atoms with Gasteiger partial charge in [-0.1, -0.05) is 24.3 Å². The summed E-state index contributed by atoms with van der Waals surface area (Å²) in [5, 5.41) is 0. The van der Waals surface area contributed by atoms with E-state index in [1.54, 1.807) is 6.26 Å². The summed E-state index contributed by atoms with van der Waals surface area (Å²) in [6.07, 6.45) is 6.94. The third kappa shape index (κ3) is 2.29. The molecule has 2 aromatic heterocycles. The van der Waals surface area contributed by atoms with Crippen molar-refractivity contribution in [1.29, 1.82) is 0 Å². The minimum atomic E-state index is 0.553. The van der Waals surface area contributed by atoms with Gasteiger partial charge < -0.3 is 8.98 Å². The molecule has 1 aliphatic heterocycles. The van der Waals surface area contributed by atoms with E-state index in [-0.39, 0.29) is 0 Å². The first-order valence-corrected chi connectivity index (χ1v) is 8.33. The Morgan fingerprint density at radius 1 is 1.14 bits per heavy atom. The van der Waals surface area contributed by atoms with Crippen LogP contribution in [0.3, 0.4) is 0 Å². The standard InChI is InChI=1S/C17H16N2OS/c1-2-5-15(14(4-1)16-6-3-10-20-16)17-18-8-9-19(17)13-7-11-21-12-13/h1-6,8-10,13H,7,11-12H2/t13-/m0/s1. The number of imidazole rings is 1. The molecule has 1 fully saturated rings. The van der Waals surface area contributed by atoms with E-state index in [9.17, 15) is 0 Å². The average molecular weight is 296 g/mol. The minimum absolute atomic E-state index is 0.553. The Kier molecular flexibility index (Phi) is 3.31. The lowest BCUT2D eigenvalue weighted by Gasteiger charge is -2.15. The van der Waals surface area contributed by atoms with Gasteiger partial charge in [-0.05, 0) is 24.3 Å².